The van der Waals surface area contributed by atoms with Crippen LogP contribution in [0.2, 0.25) is 0 Å². The molecule has 3 saturated carbocycles. The quantitative estimate of drug-likeness (QED) is 0.231. The van der Waals surface area contributed by atoms with Crippen LogP contribution in [0, 0.1) is 40.6 Å². The van der Waals surface area contributed by atoms with Gasteiger partial charge in [0.25, 0.3) is 0 Å². The molecular formula is C34H27F3N4. The van der Waals surface area contributed by atoms with Gasteiger partial charge in [-0.2, -0.15) is 5.26 Å². The van der Waals surface area contributed by atoms with Gasteiger partial charge in [0.1, 0.15) is 17.7 Å². The van der Waals surface area contributed by atoms with Gasteiger partial charge in [0.05, 0.1) is 16.8 Å². The van der Waals surface area contributed by atoms with Gasteiger partial charge in [-0.05, 0) is 53.9 Å². The first kappa shape index (κ1) is 25.4. The van der Waals surface area contributed by atoms with Crippen molar-refractivity contribution < 1.29 is 13.2 Å². The molecule has 0 saturated heterocycles. The zero-order valence-corrected chi connectivity index (χ0v) is 22.2. The van der Waals surface area contributed by atoms with E-state index in [9.17, 15) is 14.0 Å². The van der Waals surface area contributed by atoms with E-state index >= 15 is 4.39 Å². The number of rotatable bonds is 5. The molecule has 7 heteroatoms. The number of H-pyrrole nitrogens is 1. The predicted molar refractivity (Wildman–Crippen MR) is 154 cm³/mol. The summed E-state index contributed by atoms with van der Waals surface area (Å²) in [4.78, 5) is 7.50. The van der Waals surface area contributed by atoms with Crippen LogP contribution in [0.4, 0.5) is 19.0 Å². The molecule has 3 aliphatic rings. The van der Waals surface area contributed by atoms with Crippen molar-refractivity contribution in [3.63, 3.8) is 0 Å². The van der Waals surface area contributed by atoms with Crippen LogP contribution < -0.4 is 5.32 Å². The van der Waals surface area contributed by atoms with Crippen molar-refractivity contribution in [2.45, 2.75) is 38.1 Å². The number of pyridine rings is 1. The minimum absolute atomic E-state index is 0.0104. The van der Waals surface area contributed by atoms with Crippen molar-refractivity contribution in [2.24, 2.45) is 11.8 Å². The van der Waals surface area contributed by atoms with Crippen LogP contribution in [0.3, 0.4) is 0 Å². The van der Waals surface area contributed by atoms with Crippen molar-refractivity contribution in [1.82, 2.24) is 9.97 Å². The number of hydrogen-bond donors (Lipinski definition) is 2. The number of anilines is 1. The molecule has 3 aromatic carbocycles. The van der Waals surface area contributed by atoms with Crippen molar-refractivity contribution in [1.29, 1.82) is 5.26 Å². The molecule has 1 unspecified atom stereocenters. The van der Waals surface area contributed by atoms with Crippen LogP contribution in [0.1, 0.15) is 37.7 Å². The highest BCUT2D eigenvalue weighted by Crippen LogP contribution is 2.44. The van der Waals surface area contributed by atoms with Gasteiger partial charge in [-0.25, -0.2) is 18.2 Å². The minimum atomic E-state index is -0.750. The topological polar surface area (TPSA) is 64.5 Å². The Hall–Kier alpha value is -4.57. The molecule has 2 bridgehead atoms. The van der Waals surface area contributed by atoms with Crippen molar-refractivity contribution >= 4 is 16.7 Å². The lowest BCUT2D eigenvalue weighted by Crippen LogP contribution is -2.40. The van der Waals surface area contributed by atoms with Crippen LogP contribution in [0.5, 0.6) is 0 Å². The predicted octanol–water partition coefficient (Wildman–Crippen LogP) is 8.84. The van der Waals surface area contributed by atoms with E-state index in [1.165, 1.54) is 25.1 Å². The Morgan fingerprint density at radius 3 is 2.27 bits per heavy atom. The largest absolute Gasteiger partial charge is 0.365 e. The number of nitriles is 1. The Morgan fingerprint density at radius 2 is 1.59 bits per heavy atom. The fourth-order valence-electron chi connectivity index (χ4n) is 6.77. The van der Waals surface area contributed by atoms with Crippen LogP contribution in [-0.2, 0) is 0 Å². The SMILES string of the molecule is N#Cc1c(-c2c[nH]c3c(F)cc(F)cc23)nc(NC2CC3CCC2CC3)c(F)c1-c1ccc(-c2ccccc2)cc1. The summed E-state index contributed by atoms with van der Waals surface area (Å²) in [5, 5.41) is 14.0. The standard InChI is InChI=1S/C34H27F3N4/c35-24-15-25-27(18-39-33(25)28(36)16-24)32-26(17-38)30(23-12-10-21(11-13-23)20-4-2-1-3-5-20)31(37)34(41-32)40-29-14-19-6-8-22(29)9-7-19/h1-5,10-13,15-16,18-19,22,29,39H,6-9,14H2,(H,40,41). The first-order valence-electron chi connectivity index (χ1n) is 14.0. The molecule has 0 aliphatic heterocycles. The van der Waals surface area contributed by atoms with Crippen molar-refractivity contribution in [3.8, 4) is 39.6 Å². The molecule has 8 rings (SSSR count). The molecule has 5 aromatic rings. The van der Waals surface area contributed by atoms with Gasteiger partial charge in [0.15, 0.2) is 11.6 Å². The Bertz CT molecular complexity index is 1800. The van der Waals surface area contributed by atoms with Crippen molar-refractivity contribution in [3.05, 3.63) is 95.9 Å². The lowest BCUT2D eigenvalue weighted by atomic mass is 9.68. The second-order valence-electron chi connectivity index (χ2n) is 11.2. The first-order valence-corrected chi connectivity index (χ1v) is 14.0. The highest BCUT2D eigenvalue weighted by molar-refractivity contribution is 5.98. The molecule has 3 fully saturated rings. The number of fused-ring (bicyclic) bond motifs is 4. The van der Waals surface area contributed by atoms with E-state index < -0.39 is 17.5 Å². The number of halogens is 3. The maximum absolute atomic E-state index is 16.5. The monoisotopic (exact) mass is 548 g/mol. The van der Waals surface area contributed by atoms with Gasteiger partial charge in [-0.3, -0.25) is 0 Å². The number of aromatic amines is 1. The zero-order valence-electron chi connectivity index (χ0n) is 22.2. The van der Waals surface area contributed by atoms with E-state index in [1.807, 2.05) is 42.5 Å². The molecule has 2 heterocycles. The van der Waals surface area contributed by atoms with E-state index in [0.717, 1.165) is 36.5 Å². The summed E-state index contributed by atoms with van der Waals surface area (Å²) in [6.45, 7) is 0. The number of benzene rings is 3. The third kappa shape index (κ3) is 4.44. The Balaban J connectivity index is 1.41. The summed E-state index contributed by atoms with van der Waals surface area (Å²) >= 11 is 0. The highest BCUT2D eigenvalue weighted by Gasteiger charge is 2.36. The molecule has 3 aliphatic carbocycles. The van der Waals surface area contributed by atoms with Gasteiger partial charge >= 0.3 is 0 Å². The van der Waals surface area contributed by atoms with Gasteiger partial charge in [0.2, 0.25) is 0 Å². The van der Waals surface area contributed by atoms with Gasteiger partial charge in [-0.15, -0.1) is 0 Å². The summed E-state index contributed by atoms with van der Waals surface area (Å²) in [7, 11) is 0. The second-order valence-corrected chi connectivity index (χ2v) is 11.2. The summed E-state index contributed by atoms with van der Waals surface area (Å²) in [6.07, 6.45) is 7.05. The maximum Gasteiger partial charge on any atom is 0.174 e. The Labute approximate surface area is 235 Å². The maximum atomic E-state index is 16.5. The summed E-state index contributed by atoms with van der Waals surface area (Å²) in [6, 6.07) is 21.5. The first-order chi connectivity index (χ1) is 20.0. The molecule has 2 aromatic heterocycles. The van der Waals surface area contributed by atoms with E-state index in [-0.39, 0.29) is 39.6 Å². The molecule has 4 nitrogen and oxygen atoms in total. The number of aromatic nitrogens is 2. The lowest BCUT2D eigenvalue weighted by molar-refractivity contribution is 0.157. The molecule has 0 amide bonds. The van der Waals surface area contributed by atoms with Crippen LogP contribution in [-0.4, -0.2) is 16.0 Å². The average molecular weight is 549 g/mol. The normalized spacial score (nSPS) is 19.8. The summed E-state index contributed by atoms with van der Waals surface area (Å²) in [5.74, 6) is -0.987. The summed E-state index contributed by atoms with van der Waals surface area (Å²) in [5.41, 5.74) is 3.25. The zero-order chi connectivity index (χ0) is 28.1. The lowest BCUT2D eigenvalue weighted by Gasteiger charge is -2.43. The molecular weight excluding hydrogens is 521 g/mol. The summed E-state index contributed by atoms with van der Waals surface area (Å²) < 4.78 is 45.4. The Kier molecular flexibility index (Phi) is 6.27. The molecule has 41 heavy (non-hydrogen) atoms. The molecule has 2 N–H and O–H groups in total. The fraction of sp³-hybridized carbons (Fsp3) is 0.235. The Morgan fingerprint density at radius 1 is 0.878 bits per heavy atom. The van der Waals surface area contributed by atoms with Crippen LogP contribution in [0.25, 0.3) is 44.4 Å². The van der Waals surface area contributed by atoms with Crippen LogP contribution in [0.15, 0.2) is 72.9 Å². The number of nitrogens with zero attached hydrogens (tertiary/aromatic N) is 2. The van der Waals surface area contributed by atoms with E-state index in [4.69, 9.17) is 0 Å². The van der Waals surface area contributed by atoms with E-state index in [0.29, 0.717) is 23.0 Å². The van der Waals surface area contributed by atoms with Crippen molar-refractivity contribution in [2.75, 3.05) is 5.32 Å². The highest BCUT2D eigenvalue weighted by atomic mass is 19.1. The van der Waals surface area contributed by atoms with Gasteiger partial charge < -0.3 is 10.3 Å². The third-order valence-electron chi connectivity index (χ3n) is 8.86. The fourth-order valence-corrected chi connectivity index (χ4v) is 6.77. The minimum Gasteiger partial charge on any atom is -0.365 e. The molecule has 1 atom stereocenters. The second kappa shape index (κ2) is 10.1. The third-order valence-corrected chi connectivity index (χ3v) is 8.86. The van der Waals surface area contributed by atoms with Gasteiger partial charge in [-0.1, -0.05) is 67.4 Å². The van der Waals surface area contributed by atoms with E-state index in [1.54, 1.807) is 12.1 Å². The average Bonchev–Trinajstić information content (AvgIpc) is 3.43. The number of hydrogen-bond acceptors (Lipinski definition) is 3. The van der Waals surface area contributed by atoms with Gasteiger partial charge in [0, 0.05) is 34.8 Å². The molecule has 0 radical (unpaired) electrons. The smallest absolute Gasteiger partial charge is 0.174 e. The van der Waals surface area contributed by atoms with E-state index in [2.05, 4.69) is 21.4 Å². The molecule has 0 spiro atoms. The number of nitrogens with one attached hydrogen (secondary N) is 2. The molecule has 204 valence electrons. The van der Waals surface area contributed by atoms with Crippen LogP contribution >= 0.6 is 0 Å².